The van der Waals surface area contributed by atoms with Crippen LogP contribution in [0.4, 0.5) is 18.9 Å². The number of oxime groups is 1. The summed E-state index contributed by atoms with van der Waals surface area (Å²) in [4.78, 5) is 22.8. The molecule has 9 heteroatoms. The summed E-state index contributed by atoms with van der Waals surface area (Å²) in [6, 6.07) is 7.12. The van der Waals surface area contributed by atoms with Gasteiger partial charge in [0.05, 0.1) is 16.8 Å². The largest absolute Gasteiger partial charge is 0.417 e. The fraction of sp³-hybridized carbons (Fsp3) is 0.316. The van der Waals surface area contributed by atoms with Gasteiger partial charge >= 0.3 is 12.1 Å². The fourth-order valence-electron chi connectivity index (χ4n) is 2.88. The van der Waals surface area contributed by atoms with Gasteiger partial charge in [0.1, 0.15) is 11.4 Å². The molecule has 1 fully saturated rings. The molecule has 148 valence electrons. The van der Waals surface area contributed by atoms with Crippen LogP contribution in [0, 0.1) is 0 Å². The van der Waals surface area contributed by atoms with E-state index < -0.39 is 17.7 Å². The van der Waals surface area contributed by atoms with Gasteiger partial charge in [0.2, 0.25) is 0 Å². The van der Waals surface area contributed by atoms with E-state index in [1.54, 1.807) is 0 Å². The van der Waals surface area contributed by atoms with Crippen LogP contribution in [0.25, 0.3) is 0 Å². The van der Waals surface area contributed by atoms with Crippen molar-refractivity contribution in [3.63, 3.8) is 0 Å². The Morgan fingerprint density at radius 2 is 1.86 bits per heavy atom. The van der Waals surface area contributed by atoms with Crippen LogP contribution in [-0.2, 0) is 11.0 Å². The van der Waals surface area contributed by atoms with E-state index in [0.29, 0.717) is 23.8 Å². The summed E-state index contributed by atoms with van der Waals surface area (Å²) in [5.41, 5.74) is 0.207. The highest BCUT2D eigenvalue weighted by Crippen LogP contribution is 2.33. The lowest BCUT2D eigenvalue weighted by atomic mass is 10.1. The molecular formula is C19H17ClF3N3O2. The summed E-state index contributed by atoms with van der Waals surface area (Å²) in [6.07, 6.45) is -1.96. The van der Waals surface area contributed by atoms with Crippen molar-refractivity contribution in [1.82, 2.24) is 4.98 Å². The number of nitrogens with zero attached hydrogens (tertiary/aromatic N) is 3. The first-order valence-electron chi connectivity index (χ1n) is 8.60. The standard InChI is InChI=1S/C19H17ClF3N3O2/c1-12(25-28-18(27)13-4-6-15(20)7-5-13)17-16(26-8-2-3-9-26)10-14(11-24-17)19(21,22)23/h4-7,10-11H,2-3,8-9H2,1H3. The van der Waals surface area contributed by atoms with E-state index >= 15 is 0 Å². The molecule has 0 bridgehead atoms. The van der Waals surface area contributed by atoms with E-state index in [4.69, 9.17) is 16.4 Å². The maximum Gasteiger partial charge on any atom is 0.417 e. The van der Waals surface area contributed by atoms with Gasteiger partial charge in [0.15, 0.2) is 0 Å². The number of anilines is 1. The molecule has 1 aliphatic heterocycles. The van der Waals surface area contributed by atoms with Crippen LogP contribution in [0.5, 0.6) is 0 Å². The summed E-state index contributed by atoms with van der Waals surface area (Å²) >= 11 is 5.78. The second-order valence-electron chi connectivity index (χ2n) is 6.35. The molecule has 2 aromatic rings. The lowest BCUT2D eigenvalue weighted by molar-refractivity contribution is -0.137. The van der Waals surface area contributed by atoms with Crippen molar-refractivity contribution < 1.29 is 22.8 Å². The molecule has 28 heavy (non-hydrogen) atoms. The van der Waals surface area contributed by atoms with Crippen LogP contribution in [-0.4, -0.2) is 29.8 Å². The van der Waals surface area contributed by atoms with E-state index in [2.05, 4.69) is 10.1 Å². The Bertz CT molecular complexity index is 892. The monoisotopic (exact) mass is 411 g/mol. The van der Waals surface area contributed by atoms with Crippen LogP contribution in [0.15, 0.2) is 41.7 Å². The van der Waals surface area contributed by atoms with Crippen molar-refractivity contribution in [3.8, 4) is 0 Å². The third-order valence-corrected chi connectivity index (χ3v) is 4.58. The molecule has 1 saturated heterocycles. The molecule has 1 aromatic carbocycles. The average molecular weight is 412 g/mol. The van der Waals surface area contributed by atoms with Crippen molar-refractivity contribution >= 4 is 29.0 Å². The van der Waals surface area contributed by atoms with Crippen molar-refractivity contribution in [3.05, 3.63) is 58.4 Å². The number of pyridine rings is 1. The molecule has 5 nitrogen and oxygen atoms in total. The number of benzene rings is 1. The number of halogens is 4. The van der Waals surface area contributed by atoms with Gasteiger partial charge in [0.25, 0.3) is 0 Å². The minimum atomic E-state index is -4.49. The van der Waals surface area contributed by atoms with E-state index in [1.165, 1.54) is 31.2 Å². The summed E-state index contributed by atoms with van der Waals surface area (Å²) in [7, 11) is 0. The minimum absolute atomic E-state index is 0.206. The molecule has 0 radical (unpaired) electrons. The zero-order chi connectivity index (χ0) is 20.3. The number of carbonyl (C=O) groups is 1. The van der Waals surface area contributed by atoms with Gasteiger partial charge in [-0.3, -0.25) is 4.98 Å². The molecule has 0 atom stereocenters. The van der Waals surface area contributed by atoms with E-state index in [-0.39, 0.29) is 17.0 Å². The Kier molecular flexibility index (Phi) is 5.88. The third kappa shape index (κ3) is 4.62. The Morgan fingerprint density at radius 1 is 1.21 bits per heavy atom. The Hall–Kier alpha value is -2.61. The van der Waals surface area contributed by atoms with Crippen molar-refractivity contribution in [2.45, 2.75) is 25.9 Å². The number of rotatable bonds is 4. The third-order valence-electron chi connectivity index (χ3n) is 4.33. The fourth-order valence-corrected chi connectivity index (χ4v) is 3.00. The summed E-state index contributed by atoms with van der Waals surface area (Å²) in [5.74, 6) is -0.703. The van der Waals surface area contributed by atoms with Crippen molar-refractivity contribution in [2.24, 2.45) is 5.16 Å². The van der Waals surface area contributed by atoms with Gasteiger partial charge < -0.3 is 9.74 Å². The predicted molar refractivity (Wildman–Crippen MR) is 99.8 cm³/mol. The first-order valence-corrected chi connectivity index (χ1v) is 8.97. The van der Waals surface area contributed by atoms with E-state index in [1.807, 2.05) is 4.90 Å². The Balaban J connectivity index is 1.87. The van der Waals surface area contributed by atoms with E-state index in [9.17, 15) is 18.0 Å². The average Bonchev–Trinajstić information content (AvgIpc) is 3.20. The van der Waals surface area contributed by atoms with Crippen LogP contribution < -0.4 is 4.90 Å². The highest BCUT2D eigenvalue weighted by Gasteiger charge is 2.33. The highest BCUT2D eigenvalue weighted by atomic mass is 35.5. The van der Waals surface area contributed by atoms with E-state index in [0.717, 1.165) is 25.1 Å². The van der Waals surface area contributed by atoms with Gasteiger partial charge in [-0.25, -0.2) is 4.79 Å². The Labute approximate surface area is 164 Å². The van der Waals surface area contributed by atoms with Gasteiger partial charge in [0, 0.05) is 24.3 Å². The topological polar surface area (TPSA) is 54.8 Å². The number of hydrogen-bond acceptors (Lipinski definition) is 5. The predicted octanol–water partition coefficient (Wildman–Crippen LogP) is 4.94. The van der Waals surface area contributed by atoms with Crippen LogP contribution >= 0.6 is 11.6 Å². The maximum absolute atomic E-state index is 13.1. The smallest absolute Gasteiger partial charge is 0.370 e. The molecule has 0 unspecified atom stereocenters. The molecule has 1 aromatic heterocycles. The normalized spacial score (nSPS) is 15.0. The molecule has 0 spiro atoms. The van der Waals surface area contributed by atoms with Crippen molar-refractivity contribution in [1.29, 1.82) is 0 Å². The Morgan fingerprint density at radius 3 is 2.46 bits per heavy atom. The SMILES string of the molecule is CC(=NOC(=O)c1ccc(Cl)cc1)c1ncc(C(F)(F)F)cc1N1CCCC1. The second-order valence-corrected chi connectivity index (χ2v) is 6.78. The molecule has 0 amide bonds. The van der Waals surface area contributed by atoms with Gasteiger partial charge in [-0.1, -0.05) is 16.8 Å². The maximum atomic E-state index is 13.1. The number of hydrogen-bond donors (Lipinski definition) is 0. The molecule has 3 rings (SSSR count). The summed E-state index contributed by atoms with van der Waals surface area (Å²) in [6.45, 7) is 2.80. The number of carbonyl (C=O) groups excluding carboxylic acids is 1. The lowest BCUT2D eigenvalue weighted by Gasteiger charge is -2.21. The van der Waals surface area contributed by atoms with Crippen LogP contribution in [0.2, 0.25) is 5.02 Å². The quantitative estimate of drug-likeness (QED) is 0.406. The zero-order valence-electron chi connectivity index (χ0n) is 15.0. The molecule has 0 N–H and O–H groups in total. The van der Waals surface area contributed by atoms with Crippen LogP contribution in [0.3, 0.4) is 0 Å². The molecule has 2 heterocycles. The van der Waals surface area contributed by atoms with Crippen molar-refractivity contribution in [2.75, 3.05) is 18.0 Å². The molecule has 1 aliphatic rings. The zero-order valence-corrected chi connectivity index (χ0v) is 15.7. The number of alkyl halides is 3. The van der Waals surface area contributed by atoms with Gasteiger partial charge in [-0.15, -0.1) is 0 Å². The van der Waals surface area contributed by atoms with Crippen LogP contribution in [0.1, 0.15) is 41.4 Å². The lowest BCUT2D eigenvalue weighted by Crippen LogP contribution is -2.22. The number of aromatic nitrogens is 1. The first kappa shape index (κ1) is 20.1. The molecule has 0 aliphatic carbocycles. The minimum Gasteiger partial charge on any atom is -0.370 e. The summed E-state index contributed by atoms with van der Waals surface area (Å²) < 4.78 is 39.3. The molecular weight excluding hydrogens is 395 g/mol. The van der Waals surface area contributed by atoms with Gasteiger partial charge in [-0.05, 0) is 50.1 Å². The van der Waals surface area contributed by atoms with Gasteiger partial charge in [-0.2, -0.15) is 13.2 Å². The highest BCUT2D eigenvalue weighted by molar-refractivity contribution is 6.30. The second kappa shape index (κ2) is 8.18. The summed E-state index contributed by atoms with van der Waals surface area (Å²) in [5, 5.41) is 4.25. The first-order chi connectivity index (χ1) is 13.3. The molecule has 0 saturated carbocycles.